The summed E-state index contributed by atoms with van der Waals surface area (Å²) in [7, 11) is -1.85. The fourth-order valence-corrected chi connectivity index (χ4v) is 2.69. The highest BCUT2D eigenvalue weighted by Crippen LogP contribution is 2.21. The number of carbonyl (C=O) groups is 1. The van der Waals surface area contributed by atoms with Crippen molar-refractivity contribution in [3.05, 3.63) is 58.1 Å². The standard InChI is InChI=1S/C16H17BrN2O3S/c1-11-10-13(6-9-15(11)17)18-16(20)12-4-7-14(8-5-12)19(2)23(3,21)22/h4-10H,1-3H3,(H,18,20). The van der Waals surface area contributed by atoms with Crippen molar-refractivity contribution in [3.8, 4) is 0 Å². The smallest absolute Gasteiger partial charge is 0.255 e. The molecule has 0 fully saturated rings. The number of hydrogen-bond donors (Lipinski definition) is 1. The van der Waals surface area contributed by atoms with Crippen LogP contribution in [0, 0.1) is 6.92 Å². The van der Waals surface area contributed by atoms with Crippen molar-refractivity contribution in [3.63, 3.8) is 0 Å². The van der Waals surface area contributed by atoms with Crippen molar-refractivity contribution < 1.29 is 13.2 Å². The lowest BCUT2D eigenvalue weighted by molar-refractivity contribution is 0.102. The molecule has 0 radical (unpaired) electrons. The SMILES string of the molecule is Cc1cc(NC(=O)c2ccc(N(C)S(C)(=O)=O)cc2)ccc1Br. The fourth-order valence-electron chi connectivity index (χ4n) is 1.94. The minimum Gasteiger partial charge on any atom is -0.322 e. The normalized spacial score (nSPS) is 11.1. The van der Waals surface area contributed by atoms with Crippen LogP contribution in [0.4, 0.5) is 11.4 Å². The lowest BCUT2D eigenvalue weighted by Crippen LogP contribution is -2.24. The highest BCUT2D eigenvalue weighted by Gasteiger charge is 2.13. The van der Waals surface area contributed by atoms with Gasteiger partial charge in [0, 0.05) is 22.8 Å². The highest BCUT2D eigenvalue weighted by atomic mass is 79.9. The largest absolute Gasteiger partial charge is 0.322 e. The van der Waals surface area contributed by atoms with Gasteiger partial charge in [-0.25, -0.2) is 8.42 Å². The van der Waals surface area contributed by atoms with Crippen LogP contribution in [0.1, 0.15) is 15.9 Å². The molecule has 5 nitrogen and oxygen atoms in total. The van der Waals surface area contributed by atoms with Crippen molar-refractivity contribution in [2.45, 2.75) is 6.92 Å². The number of sulfonamides is 1. The summed E-state index contributed by atoms with van der Waals surface area (Å²) in [6.45, 7) is 1.94. The third-order valence-electron chi connectivity index (χ3n) is 3.41. The fraction of sp³-hybridized carbons (Fsp3) is 0.188. The zero-order chi connectivity index (χ0) is 17.2. The Morgan fingerprint density at radius 2 is 1.74 bits per heavy atom. The molecule has 0 saturated carbocycles. The van der Waals surface area contributed by atoms with E-state index < -0.39 is 10.0 Å². The molecular weight excluding hydrogens is 380 g/mol. The van der Waals surface area contributed by atoms with Gasteiger partial charge in [-0.15, -0.1) is 0 Å². The van der Waals surface area contributed by atoms with Crippen LogP contribution >= 0.6 is 15.9 Å². The molecule has 2 aromatic rings. The van der Waals surface area contributed by atoms with Gasteiger partial charge in [0.15, 0.2) is 0 Å². The average molecular weight is 397 g/mol. The van der Waals surface area contributed by atoms with Crippen LogP contribution in [0.15, 0.2) is 46.9 Å². The Morgan fingerprint density at radius 3 is 2.26 bits per heavy atom. The average Bonchev–Trinajstić information content (AvgIpc) is 2.49. The van der Waals surface area contributed by atoms with Crippen molar-refractivity contribution >= 4 is 43.2 Å². The maximum Gasteiger partial charge on any atom is 0.255 e. The maximum atomic E-state index is 12.2. The summed E-state index contributed by atoms with van der Waals surface area (Å²) in [4.78, 5) is 12.2. The molecule has 0 aliphatic carbocycles. The van der Waals surface area contributed by atoms with E-state index in [4.69, 9.17) is 0 Å². The van der Waals surface area contributed by atoms with Gasteiger partial charge in [-0.05, 0) is 55.0 Å². The molecule has 0 unspecified atom stereocenters. The van der Waals surface area contributed by atoms with E-state index in [2.05, 4.69) is 21.2 Å². The van der Waals surface area contributed by atoms with Crippen LogP contribution < -0.4 is 9.62 Å². The Labute approximate surface area is 144 Å². The second-order valence-corrected chi connectivity index (χ2v) is 8.06. The number of hydrogen-bond acceptors (Lipinski definition) is 3. The minimum atomic E-state index is -3.32. The number of aryl methyl sites for hydroxylation is 1. The molecule has 0 aliphatic rings. The Hall–Kier alpha value is -1.86. The number of carbonyl (C=O) groups excluding carboxylic acids is 1. The van der Waals surface area contributed by atoms with Crippen LogP contribution in [-0.2, 0) is 10.0 Å². The Bertz CT molecular complexity index is 833. The molecule has 0 spiro atoms. The van der Waals surface area contributed by atoms with Crippen molar-refractivity contribution in [1.82, 2.24) is 0 Å². The topological polar surface area (TPSA) is 66.5 Å². The summed E-state index contributed by atoms with van der Waals surface area (Å²) in [6.07, 6.45) is 1.13. The molecule has 7 heteroatoms. The van der Waals surface area contributed by atoms with Gasteiger partial charge >= 0.3 is 0 Å². The van der Waals surface area contributed by atoms with Crippen LogP contribution in [0.5, 0.6) is 0 Å². The molecule has 122 valence electrons. The lowest BCUT2D eigenvalue weighted by atomic mass is 10.1. The van der Waals surface area contributed by atoms with E-state index in [1.165, 1.54) is 7.05 Å². The number of rotatable bonds is 4. The lowest BCUT2D eigenvalue weighted by Gasteiger charge is -2.16. The van der Waals surface area contributed by atoms with Crippen molar-refractivity contribution in [2.24, 2.45) is 0 Å². The molecule has 0 atom stereocenters. The van der Waals surface area contributed by atoms with Crippen LogP contribution in [0.25, 0.3) is 0 Å². The summed E-state index contributed by atoms with van der Waals surface area (Å²) in [5.74, 6) is -0.250. The number of anilines is 2. The van der Waals surface area contributed by atoms with Gasteiger partial charge in [0.05, 0.1) is 11.9 Å². The Kier molecular flexibility index (Phi) is 5.11. The summed E-state index contributed by atoms with van der Waals surface area (Å²) in [5, 5.41) is 2.81. The van der Waals surface area contributed by atoms with Gasteiger partial charge < -0.3 is 5.32 Å². The van der Waals surface area contributed by atoms with E-state index in [9.17, 15) is 13.2 Å². The zero-order valence-corrected chi connectivity index (χ0v) is 15.4. The molecule has 0 aliphatic heterocycles. The van der Waals surface area contributed by atoms with E-state index in [1.807, 2.05) is 19.1 Å². The molecule has 0 bridgehead atoms. The third kappa shape index (κ3) is 4.33. The Balaban J connectivity index is 2.15. The first kappa shape index (κ1) is 17.5. The van der Waals surface area contributed by atoms with Crippen LogP contribution in [0.3, 0.4) is 0 Å². The van der Waals surface area contributed by atoms with Gasteiger partial charge in [0.25, 0.3) is 5.91 Å². The van der Waals surface area contributed by atoms with Gasteiger partial charge in [-0.3, -0.25) is 9.10 Å². The first-order valence-electron chi connectivity index (χ1n) is 6.80. The summed E-state index contributed by atoms with van der Waals surface area (Å²) in [5.41, 5.74) is 2.68. The molecule has 0 saturated heterocycles. The minimum absolute atomic E-state index is 0.250. The number of nitrogens with zero attached hydrogens (tertiary/aromatic N) is 1. The summed E-state index contributed by atoms with van der Waals surface area (Å²) in [6, 6.07) is 11.9. The monoisotopic (exact) mass is 396 g/mol. The van der Waals surface area contributed by atoms with Crippen molar-refractivity contribution in [1.29, 1.82) is 0 Å². The van der Waals surface area contributed by atoms with Gasteiger partial charge in [-0.1, -0.05) is 15.9 Å². The van der Waals surface area contributed by atoms with Crippen LogP contribution in [-0.4, -0.2) is 27.6 Å². The van der Waals surface area contributed by atoms with Gasteiger partial charge in [-0.2, -0.15) is 0 Å². The van der Waals surface area contributed by atoms with E-state index in [0.29, 0.717) is 16.9 Å². The van der Waals surface area contributed by atoms with E-state index in [-0.39, 0.29) is 5.91 Å². The van der Waals surface area contributed by atoms with Gasteiger partial charge in [0.1, 0.15) is 0 Å². The maximum absolute atomic E-state index is 12.2. The van der Waals surface area contributed by atoms with Crippen LogP contribution in [0.2, 0.25) is 0 Å². The van der Waals surface area contributed by atoms with Gasteiger partial charge in [0.2, 0.25) is 10.0 Å². The number of nitrogens with one attached hydrogen (secondary N) is 1. The first-order chi connectivity index (χ1) is 10.7. The second-order valence-electron chi connectivity index (χ2n) is 5.20. The van der Waals surface area contributed by atoms with Crippen molar-refractivity contribution in [2.75, 3.05) is 22.9 Å². The molecule has 23 heavy (non-hydrogen) atoms. The number of halogens is 1. The number of amides is 1. The molecule has 0 heterocycles. The highest BCUT2D eigenvalue weighted by molar-refractivity contribution is 9.10. The molecule has 1 amide bonds. The predicted octanol–water partition coefficient (Wildman–Crippen LogP) is 3.41. The summed E-state index contributed by atoms with van der Waals surface area (Å²) >= 11 is 3.41. The molecule has 2 rings (SSSR count). The van der Waals surface area contributed by atoms with E-state index >= 15 is 0 Å². The summed E-state index contributed by atoms with van der Waals surface area (Å²) < 4.78 is 25.1. The molecule has 1 N–H and O–H groups in total. The van der Waals surface area contributed by atoms with E-state index in [1.54, 1.807) is 30.3 Å². The molecular formula is C16H17BrN2O3S. The second kappa shape index (κ2) is 6.72. The molecule has 2 aromatic carbocycles. The molecule has 0 aromatic heterocycles. The predicted molar refractivity (Wildman–Crippen MR) is 96.5 cm³/mol. The number of benzene rings is 2. The van der Waals surface area contributed by atoms with E-state index in [0.717, 1.165) is 20.6 Å². The Morgan fingerprint density at radius 1 is 1.13 bits per heavy atom. The third-order valence-corrected chi connectivity index (χ3v) is 5.50. The first-order valence-corrected chi connectivity index (χ1v) is 9.44. The quantitative estimate of drug-likeness (QED) is 0.860. The zero-order valence-electron chi connectivity index (χ0n) is 13.0.